The van der Waals surface area contributed by atoms with E-state index >= 15 is 0 Å². The van der Waals surface area contributed by atoms with E-state index in [1.165, 1.54) is 16.0 Å². The van der Waals surface area contributed by atoms with Gasteiger partial charge >= 0.3 is 0 Å². The van der Waals surface area contributed by atoms with Crippen LogP contribution in [0.2, 0.25) is 0 Å². The van der Waals surface area contributed by atoms with Crippen LogP contribution < -0.4 is 9.80 Å². The second-order valence-electron chi connectivity index (χ2n) is 6.38. The molecule has 4 rings (SSSR count). The van der Waals surface area contributed by atoms with Crippen LogP contribution in [0.4, 0.5) is 11.5 Å². The number of aryl methyl sites for hydroxylation is 2. The van der Waals surface area contributed by atoms with E-state index in [1.54, 1.807) is 11.3 Å². The highest BCUT2D eigenvalue weighted by atomic mass is 32.1. The number of anilines is 2. The molecule has 5 nitrogen and oxygen atoms in total. The lowest BCUT2D eigenvalue weighted by Gasteiger charge is -2.27. The minimum absolute atomic E-state index is 0.455. The Bertz CT molecular complexity index is 860. The molecule has 3 aromatic heterocycles. The zero-order chi connectivity index (χ0) is 16.7. The summed E-state index contributed by atoms with van der Waals surface area (Å²) in [7, 11) is 2.16. The maximum atomic E-state index is 4.75. The van der Waals surface area contributed by atoms with E-state index in [4.69, 9.17) is 4.98 Å². The molecular weight excluding hydrogens is 318 g/mol. The molecule has 24 heavy (non-hydrogen) atoms. The van der Waals surface area contributed by atoms with Crippen molar-refractivity contribution in [2.75, 3.05) is 29.9 Å². The summed E-state index contributed by atoms with van der Waals surface area (Å²) >= 11 is 1.74. The number of fused-ring (bicyclic) bond motifs is 1. The fraction of sp³-hybridized carbons (Fsp3) is 0.389. The maximum Gasteiger partial charge on any atom is 0.141 e. The molecule has 0 saturated carbocycles. The molecule has 1 saturated heterocycles. The van der Waals surface area contributed by atoms with E-state index in [-0.39, 0.29) is 0 Å². The summed E-state index contributed by atoms with van der Waals surface area (Å²) in [6.07, 6.45) is 4.85. The van der Waals surface area contributed by atoms with E-state index in [0.29, 0.717) is 6.04 Å². The van der Waals surface area contributed by atoms with Gasteiger partial charge in [-0.2, -0.15) is 0 Å². The zero-order valence-electron chi connectivity index (χ0n) is 14.2. The average Bonchev–Trinajstić information content (AvgIpc) is 3.20. The van der Waals surface area contributed by atoms with Crippen LogP contribution in [-0.4, -0.2) is 41.1 Å². The Morgan fingerprint density at radius 2 is 2.00 bits per heavy atom. The van der Waals surface area contributed by atoms with Gasteiger partial charge in [-0.15, -0.1) is 11.3 Å². The molecule has 1 atom stereocenters. The molecule has 0 aliphatic carbocycles. The second kappa shape index (κ2) is 6.02. The Morgan fingerprint density at radius 3 is 2.79 bits per heavy atom. The SMILES string of the molecule is Cc1nc(N(C)C2CCN(c3ccncc3)C2)c2cc(C)sc2n1. The number of nitrogens with zero attached hydrogens (tertiary/aromatic N) is 5. The summed E-state index contributed by atoms with van der Waals surface area (Å²) in [6.45, 7) is 6.18. The van der Waals surface area contributed by atoms with Crippen LogP contribution in [0.25, 0.3) is 10.2 Å². The number of likely N-dealkylation sites (N-methyl/N-ethyl adjacent to an activating group) is 1. The summed E-state index contributed by atoms with van der Waals surface area (Å²) in [5.41, 5.74) is 1.25. The van der Waals surface area contributed by atoms with Crippen molar-refractivity contribution < 1.29 is 0 Å². The van der Waals surface area contributed by atoms with Crippen molar-refractivity contribution in [3.8, 4) is 0 Å². The van der Waals surface area contributed by atoms with Gasteiger partial charge in [-0.25, -0.2) is 9.97 Å². The molecule has 1 unspecified atom stereocenters. The number of pyridine rings is 1. The molecule has 0 radical (unpaired) electrons. The van der Waals surface area contributed by atoms with E-state index in [1.807, 2.05) is 19.3 Å². The van der Waals surface area contributed by atoms with E-state index in [0.717, 1.165) is 36.0 Å². The average molecular weight is 339 g/mol. The summed E-state index contributed by atoms with van der Waals surface area (Å²) in [5.74, 6) is 1.90. The number of hydrogen-bond acceptors (Lipinski definition) is 6. The minimum Gasteiger partial charge on any atom is -0.369 e. The molecule has 3 aromatic rings. The van der Waals surface area contributed by atoms with Crippen LogP contribution in [-0.2, 0) is 0 Å². The van der Waals surface area contributed by atoms with Gasteiger partial charge in [0.05, 0.1) is 5.39 Å². The van der Waals surface area contributed by atoms with E-state index in [2.05, 4.69) is 51.9 Å². The molecule has 0 aromatic carbocycles. The van der Waals surface area contributed by atoms with Crippen LogP contribution in [0.5, 0.6) is 0 Å². The first-order valence-electron chi connectivity index (χ1n) is 8.24. The smallest absolute Gasteiger partial charge is 0.141 e. The zero-order valence-corrected chi connectivity index (χ0v) is 15.0. The molecule has 124 valence electrons. The van der Waals surface area contributed by atoms with Crippen LogP contribution in [0.1, 0.15) is 17.1 Å². The fourth-order valence-corrected chi connectivity index (χ4v) is 4.34. The van der Waals surface area contributed by atoms with Crippen molar-refractivity contribution in [2.45, 2.75) is 26.3 Å². The summed E-state index contributed by atoms with van der Waals surface area (Å²) in [4.78, 5) is 20.6. The quantitative estimate of drug-likeness (QED) is 0.732. The van der Waals surface area contributed by atoms with Gasteiger partial charge < -0.3 is 9.80 Å². The van der Waals surface area contributed by atoms with Crippen molar-refractivity contribution in [3.05, 3.63) is 41.3 Å². The van der Waals surface area contributed by atoms with Crippen LogP contribution in [0, 0.1) is 13.8 Å². The van der Waals surface area contributed by atoms with Crippen molar-refractivity contribution >= 4 is 33.1 Å². The lowest BCUT2D eigenvalue weighted by molar-refractivity contribution is 0.685. The van der Waals surface area contributed by atoms with Gasteiger partial charge in [-0.1, -0.05) is 0 Å². The normalized spacial score (nSPS) is 17.6. The van der Waals surface area contributed by atoms with Gasteiger partial charge in [-0.3, -0.25) is 4.98 Å². The molecule has 4 heterocycles. The molecule has 0 bridgehead atoms. The Kier molecular flexibility index (Phi) is 3.84. The monoisotopic (exact) mass is 339 g/mol. The molecule has 1 aliphatic rings. The van der Waals surface area contributed by atoms with Crippen molar-refractivity contribution in [1.82, 2.24) is 15.0 Å². The molecule has 1 fully saturated rings. The summed E-state index contributed by atoms with van der Waals surface area (Å²) in [6, 6.07) is 6.83. The highest BCUT2D eigenvalue weighted by Gasteiger charge is 2.28. The predicted molar refractivity (Wildman–Crippen MR) is 100 cm³/mol. The lowest BCUT2D eigenvalue weighted by atomic mass is 10.2. The first-order valence-corrected chi connectivity index (χ1v) is 9.06. The van der Waals surface area contributed by atoms with Crippen molar-refractivity contribution in [2.24, 2.45) is 0 Å². The predicted octanol–water partition coefficient (Wildman–Crippen LogP) is 3.42. The Balaban J connectivity index is 1.62. The molecule has 6 heteroatoms. The highest BCUT2D eigenvalue weighted by molar-refractivity contribution is 7.18. The van der Waals surface area contributed by atoms with E-state index < -0.39 is 0 Å². The summed E-state index contributed by atoms with van der Waals surface area (Å²) in [5, 5.41) is 1.17. The molecule has 1 aliphatic heterocycles. The van der Waals surface area contributed by atoms with Crippen LogP contribution in [0.15, 0.2) is 30.6 Å². The maximum absolute atomic E-state index is 4.75. The molecule has 0 N–H and O–H groups in total. The van der Waals surface area contributed by atoms with Crippen LogP contribution in [0.3, 0.4) is 0 Å². The topological polar surface area (TPSA) is 45.2 Å². The standard InChI is InChI=1S/C18H21N5S/c1-12-10-16-17(20-13(2)21-18(16)24-12)22(3)15-6-9-23(11-15)14-4-7-19-8-5-14/h4-5,7-8,10,15H,6,9,11H2,1-3H3. The molecular formula is C18H21N5S. The number of rotatable bonds is 3. The van der Waals surface area contributed by atoms with Gasteiger partial charge in [0.25, 0.3) is 0 Å². The largest absolute Gasteiger partial charge is 0.369 e. The van der Waals surface area contributed by atoms with Gasteiger partial charge in [0, 0.05) is 49.1 Å². The third-order valence-corrected chi connectivity index (χ3v) is 5.63. The van der Waals surface area contributed by atoms with E-state index in [9.17, 15) is 0 Å². The highest BCUT2D eigenvalue weighted by Crippen LogP contribution is 2.32. The Hall–Kier alpha value is -2.21. The summed E-state index contributed by atoms with van der Waals surface area (Å²) < 4.78 is 0. The van der Waals surface area contributed by atoms with Gasteiger partial charge in [-0.05, 0) is 38.5 Å². The van der Waals surface area contributed by atoms with Crippen LogP contribution >= 0.6 is 11.3 Å². The first-order chi connectivity index (χ1) is 11.6. The van der Waals surface area contributed by atoms with Crippen molar-refractivity contribution in [1.29, 1.82) is 0 Å². The Morgan fingerprint density at radius 1 is 1.21 bits per heavy atom. The Labute approximate surface area is 146 Å². The third-order valence-electron chi connectivity index (χ3n) is 4.68. The third kappa shape index (κ3) is 2.71. The van der Waals surface area contributed by atoms with Gasteiger partial charge in [0.2, 0.25) is 0 Å². The molecule has 0 amide bonds. The fourth-order valence-electron chi connectivity index (χ4n) is 3.42. The minimum atomic E-state index is 0.455. The van der Waals surface area contributed by atoms with Gasteiger partial charge in [0.1, 0.15) is 16.5 Å². The van der Waals surface area contributed by atoms with Gasteiger partial charge in [0.15, 0.2) is 0 Å². The number of aromatic nitrogens is 3. The first kappa shape index (κ1) is 15.3. The number of thiophene rings is 1. The lowest BCUT2D eigenvalue weighted by Crippen LogP contribution is -2.35. The van der Waals surface area contributed by atoms with Crippen molar-refractivity contribution in [3.63, 3.8) is 0 Å². The number of hydrogen-bond donors (Lipinski definition) is 0. The molecule has 0 spiro atoms. The second-order valence-corrected chi connectivity index (χ2v) is 7.61.